The van der Waals surface area contributed by atoms with Gasteiger partial charge < -0.3 is 0 Å². The predicted molar refractivity (Wildman–Crippen MR) is 106 cm³/mol. The van der Waals surface area contributed by atoms with Gasteiger partial charge in [-0.2, -0.15) is 13.5 Å². The minimum absolute atomic E-state index is 0. The molecule has 0 atom stereocenters. The summed E-state index contributed by atoms with van der Waals surface area (Å²) in [6.07, 6.45) is 0. The van der Waals surface area contributed by atoms with Crippen molar-refractivity contribution in [3.63, 3.8) is 0 Å². The van der Waals surface area contributed by atoms with E-state index in [1.807, 2.05) is 0 Å². The Morgan fingerprint density at radius 2 is 0.957 bits per heavy atom. The van der Waals surface area contributed by atoms with Crippen molar-refractivity contribution in [3.8, 4) is 22.3 Å². The van der Waals surface area contributed by atoms with E-state index in [0.29, 0.717) is 0 Å². The summed E-state index contributed by atoms with van der Waals surface area (Å²) in [5, 5.41) is 0. The molecule has 0 bridgehead atoms. The molecule has 0 heterocycles. The molecule has 0 aliphatic heterocycles. The maximum atomic E-state index is 2.25. The fourth-order valence-electron chi connectivity index (χ4n) is 2.75. The minimum Gasteiger partial charge on any atom is -0.197 e. The molecule has 1 heteroatoms. The Hall–Kier alpha value is -1.99. The van der Waals surface area contributed by atoms with E-state index in [-0.39, 0.29) is 18.9 Å². The zero-order valence-corrected chi connectivity index (χ0v) is 15.0. The summed E-state index contributed by atoms with van der Waals surface area (Å²) < 4.78 is 0. The Labute approximate surface area is 146 Å². The van der Waals surface area contributed by atoms with Crippen LogP contribution in [0, 0.1) is 0 Å². The van der Waals surface area contributed by atoms with Gasteiger partial charge in [-0.05, 0) is 33.2 Å². The van der Waals surface area contributed by atoms with Gasteiger partial charge in [-0.15, -0.1) is 0 Å². The molecule has 3 aromatic rings. The lowest BCUT2D eigenvalue weighted by molar-refractivity contribution is 0.590. The molecule has 3 aromatic carbocycles. The fraction of sp³-hybridized carbons (Fsp3) is 0.182. The van der Waals surface area contributed by atoms with E-state index in [1.165, 1.54) is 27.8 Å². The average molecular weight is 321 g/mol. The maximum Gasteiger partial charge on any atom is -0.0105 e. The van der Waals surface area contributed by atoms with Crippen LogP contribution in [0.1, 0.15) is 26.3 Å². The highest BCUT2D eigenvalue weighted by Gasteiger charge is 2.13. The Morgan fingerprint density at radius 1 is 0.522 bits per heavy atom. The third kappa shape index (κ3) is 3.86. The third-order valence-corrected chi connectivity index (χ3v) is 4.07. The van der Waals surface area contributed by atoms with E-state index >= 15 is 0 Å². The molecular formula is C22H24S. The summed E-state index contributed by atoms with van der Waals surface area (Å²) in [6, 6.07) is 28.2. The number of rotatable bonds is 2. The maximum absolute atomic E-state index is 2.25. The zero-order valence-electron chi connectivity index (χ0n) is 14.0. The lowest BCUT2D eigenvalue weighted by Gasteiger charge is -2.19. The minimum atomic E-state index is 0. The van der Waals surface area contributed by atoms with Gasteiger partial charge in [0.05, 0.1) is 0 Å². The van der Waals surface area contributed by atoms with Gasteiger partial charge in [0, 0.05) is 0 Å². The molecule has 0 aliphatic rings. The van der Waals surface area contributed by atoms with Gasteiger partial charge in [0.25, 0.3) is 0 Å². The molecule has 3 rings (SSSR count). The second-order valence-electron chi connectivity index (χ2n) is 6.74. The molecule has 0 radical (unpaired) electrons. The monoisotopic (exact) mass is 320 g/mol. The van der Waals surface area contributed by atoms with Crippen molar-refractivity contribution in [1.29, 1.82) is 0 Å². The van der Waals surface area contributed by atoms with Crippen LogP contribution in [0.2, 0.25) is 0 Å². The van der Waals surface area contributed by atoms with Crippen molar-refractivity contribution in [2.75, 3.05) is 0 Å². The third-order valence-electron chi connectivity index (χ3n) is 4.07. The Kier molecular flexibility index (Phi) is 5.33. The lowest BCUT2D eigenvalue weighted by atomic mass is 9.85. The van der Waals surface area contributed by atoms with Crippen molar-refractivity contribution in [2.45, 2.75) is 26.2 Å². The second-order valence-corrected chi connectivity index (χ2v) is 6.74. The summed E-state index contributed by atoms with van der Waals surface area (Å²) in [4.78, 5) is 0. The smallest absolute Gasteiger partial charge is 0.0105 e. The van der Waals surface area contributed by atoms with Gasteiger partial charge >= 0.3 is 0 Å². The van der Waals surface area contributed by atoms with Crippen molar-refractivity contribution >= 4 is 13.5 Å². The van der Waals surface area contributed by atoms with E-state index < -0.39 is 0 Å². The molecule has 0 spiro atoms. The first-order chi connectivity index (χ1) is 10.6. The van der Waals surface area contributed by atoms with Crippen LogP contribution in [-0.4, -0.2) is 0 Å². The zero-order chi connectivity index (χ0) is 15.6. The van der Waals surface area contributed by atoms with E-state index in [2.05, 4.69) is 99.6 Å². The molecule has 118 valence electrons. The van der Waals surface area contributed by atoms with E-state index in [0.717, 1.165) is 0 Å². The van der Waals surface area contributed by atoms with E-state index in [4.69, 9.17) is 0 Å². The molecule has 0 fully saturated rings. The number of hydrogen-bond acceptors (Lipinski definition) is 0. The number of hydrogen-bond donors (Lipinski definition) is 0. The predicted octanol–water partition coefficient (Wildman–Crippen LogP) is 6.43. The summed E-state index contributed by atoms with van der Waals surface area (Å²) in [7, 11) is 0. The molecule has 0 aromatic heterocycles. The fourth-order valence-corrected chi connectivity index (χ4v) is 2.75. The van der Waals surface area contributed by atoms with E-state index in [9.17, 15) is 0 Å². The summed E-state index contributed by atoms with van der Waals surface area (Å²) in [5.41, 5.74) is 6.66. The standard InChI is InChI=1S/C22H22.H2S/c1-22(2,3)19-15-13-18(14-16-19)21-12-8-7-11-20(21)17-9-5-4-6-10-17;/h4-16H,1-3H3;1H2. The van der Waals surface area contributed by atoms with Crippen molar-refractivity contribution in [2.24, 2.45) is 0 Å². The summed E-state index contributed by atoms with van der Waals surface area (Å²) in [6.45, 7) is 6.75. The van der Waals surface area contributed by atoms with Crippen LogP contribution in [0.25, 0.3) is 22.3 Å². The van der Waals surface area contributed by atoms with Gasteiger partial charge in [-0.1, -0.05) is 99.6 Å². The van der Waals surface area contributed by atoms with Crippen LogP contribution < -0.4 is 0 Å². The van der Waals surface area contributed by atoms with Crippen LogP contribution in [0.3, 0.4) is 0 Å². The SMILES string of the molecule is CC(C)(C)c1ccc(-c2ccccc2-c2ccccc2)cc1.S. The normalized spacial score (nSPS) is 10.9. The largest absolute Gasteiger partial charge is 0.197 e. The quantitative estimate of drug-likeness (QED) is 0.510. The first-order valence-electron chi connectivity index (χ1n) is 7.81. The molecule has 0 unspecified atom stereocenters. The first kappa shape index (κ1) is 17.4. The Balaban J connectivity index is 0.00000192. The van der Waals surface area contributed by atoms with Crippen molar-refractivity contribution < 1.29 is 0 Å². The van der Waals surface area contributed by atoms with Crippen LogP contribution in [0.5, 0.6) is 0 Å². The molecular weight excluding hydrogens is 296 g/mol. The molecule has 23 heavy (non-hydrogen) atoms. The van der Waals surface area contributed by atoms with Gasteiger partial charge in [-0.3, -0.25) is 0 Å². The van der Waals surface area contributed by atoms with Crippen molar-refractivity contribution in [3.05, 3.63) is 84.4 Å². The lowest BCUT2D eigenvalue weighted by Crippen LogP contribution is -2.10. The molecule has 0 nitrogen and oxygen atoms in total. The molecule has 0 amide bonds. The Bertz CT molecular complexity index is 750. The molecule has 0 N–H and O–H groups in total. The van der Waals surface area contributed by atoms with Gasteiger partial charge in [-0.25, -0.2) is 0 Å². The van der Waals surface area contributed by atoms with Crippen LogP contribution >= 0.6 is 13.5 Å². The highest BCUT2D eigenvalue weighted by molar-refractivity contribution is 7.59. The van der Waals surface area contributed by atoms with E-state index in [1.54, 1.807) is 0 Å². The number of benzene rings is 3. The van der Waals surface area contributed by atoms with Crippen molar-refractivity contribution in [1.82, 2.24) is 0 Å². The molecule has 0 saturated heterocycles. The topological polar surface area (TPSA) is 0 Å². The summed E-state index contributed by atoms with van der Waals surface area (Å²) in [5.74, 6) is 0. The van der Waals surface area contributed by atoms with Gasteiger partial charge in [0.1, 0.15) is 0 Å². The second kappa shape index (κ2) is 7.06. The summed E-state index contributed by atoms with van der Waals surface area (Å²) >= 11 is 0. The molecule has 0 aliphatic carbocycles. The van der Waals surface area contributed by atoms with Gasteiger partial charge in [0.15, 0.2) is 0 Å². The van der Waals surface area contributed by atoms with Crippen LogP contribution in [0.4, 0.5) is 0 Å². The first-order valence-corrected chi connectivity index (χ1v) is 7.81. The highest BCUT2D eigenvalue weighted by atomic mass is 32.1. The highest BCUT2D eigenvalue weighted by Crippen LogP contribution is 2.33. The van der Waals surface area contributed by atoms with Crippen LogP contribution in [0.15, 0.2) is 78.9 Å². The van der Waals surface area contributed by atoms with Gasteiger partial charge in [0.2, 0.25) is 0 Å². The van der Waals surface area contributed by atoms with Crippen LogP contribution in [-0.2, 0) is 5.41 Å². The Morgan fingerprint density at radius 3 is 1.43 bits per heavy atom. The average Bonchev–Trinajstić information content (AvgIpc) is 2.55. The molecule has 0 saturated carbocycles.